The maximum Gasteiger partial charge on any atom is 0.223 e. The number of hydrogen-bond acceptors (Lipinski definition) is 3. The molecular formula is C11H13NO2S. The molecule has 0 aliphatic carbocycles. The molecule has 4 heteroatoms. The summed E-state index contributed by atoms with van der Waals surface area (Å²) in [7, 11) is 0. The Hall–Kier alpha value is -0.870. The van der Waals surface area contributed by atoms with E-state index in [1.807, 2.05) is 11.0 Å². The molecule has 1 amide bonds. The van der Waals surface area contributed by atoms with Gasteiger partial charge in [0, 0.05) is 11.3 Å². The van der Waals surface area contributed by atoms with E-state index in [9.17, 15) is 4.79 Å². The van der Waals surface area contributed by atoms with Crippen LogP contribution in [0.5, 0.6) is 0 Å². The van der Waals surface area contributed by atoms with Crippen LogP contribution in [0.3, 0.4) is 0 Å². The minimum Gasteiger partial charge on any atom is -0.371 e. The molecule has 3 heterocycles. The van der Waals surface area contributed by atoms with Gasteiger partial charge in [0.15, 0.2) is 0 Å². The molecule has 2 aliphatic heterocycles. The lowest BCUT2D eigenvalue weighted by molar-refractivity contribution is -0.129. The third-order valence-corrected chi connectivity index (χ3v) is 3.93. The van der Waals surface area contributed by atoms with Gasteiger partial charge in [0.1, 0.15) is 6.10 Å². The number of epoxide rings is 1. The van der Waals surface area contributed by atoms with Crippen LogP contribution in [0.1, 0.15) is 17.7 Å². The number of carbonyl (C=O) groups excluding carboxylic acids is 1. The summed E-state index contributed by atoms with van der Waals surface area (Å²) in [5, 5.41) is 2.05. The molecule has 0 saturated carbocycles. The minimum atomic E-state index is 0.281. The van der Waals surface area contributed by atoms with Crippen molar-refractivity contribution in [2.24, 2.45) is 0 Å². The molecular weight excluding hydrogens is 210 g/mol. The Balaban J connectivity index is 1.74. The van der Waals surface area contributed by atoms with E-state index in [-0.39, 0.29) is 5.91 Å². The normalized spacial score (nSPS) is 29.9. The van der Waals surface area contributed by atoms with E-state index in [1.54, 1.807) is 11.3 Å². The highest BCUT2D eigenvalue weighted by Gasteiger charge is 2.42. The summed E-state index contributed by atoms with van der Waals surface area (Å²) in [5.74, 6) is 0.281. The highest BCUT2D eigenvalue weighted by Crippen LogP contribution is 2.31. The second kappa shape index (κ2) is 3.61. The summed E-state index contributed by atoms with van der Waals surface area (Å²) in [6, 6.07) is 4.45. The molecule has 0 bridgehead atoms. The maximum atomic E-state index is 11.7. The number of ether oxygens (including phenoxy) is 1. The quantitative estimate of drug-likeness (QED) is 0.730. The van der Waals surface area contributed by atoms with Gasteiger partial charge in [-0.2, -0.15) is 0 Å². The van der Waals surface area contributed by atoms with Gasteiger partial charge >= 0.3 is 0 Å². The monoisotopic (exact) mass is 223 g/mol. The predicted molar refractivity (Wildman–Crippen MR) is 57.6 cm³/mol. The molecule has 1 aromatic rings. The van der Waals surface area contributed by atoms with Gasteiger partial charge in [-0.3, -0.25) is 4.79 Å². The number of carbonyl (C=O) groups is 1. The maximum absolute atomic E-state index is 11.7. The lowest BCUT2D eigenvalue weighted by atomic mass is 10.1. The molecule has 1 aromatic heterocycles. The Morgan fingerprint density at radius 3 is 3.13 bits per heavy atom. The van der Waals surface area contributed by atoms with Gasteiger partial charge in [-0.05, 0) is 17.9 Å². The number of nitrogens with zero attached hydrogens (tertiary/aromatic N) is 1. The summed E-state index contributed by atoms with van der Waals surface area (Å²) >= 11 is 1.71. The second-order valence-corrected chi connectivity index (χ2v) is 5.11. The zero-order chi connectivity index (χ0) is 10.3. The molecule has 2 fully saturated rings. The highest BCUT2D eigenvalue weighted by molar-refractivity contribution is 7.09. The molecule has 2 aliphatic rings. The van der Waals surface area contributed by atoms with Gasteiger partial charge in [-0.25, -0.2) is 0 Å². The third-order valence-electron chi connectivity index (χ3n) is 3.07. The van der Waals surface area contributed by atoms with Gasteiger partial charge in [-0.1, -0.05) is 6.07 Å². The number of rotatable bonds is 3. The highest BCUT2D eigenvalue weighted by atomic mass is 32.1. The number of hydrogen-bond donors (Lipinski definition) is 0. The van der Waals surface area contributed by atoms with Crippen LogP contribution in [-0.4, -0.2) is 29.6 Å². The van der Waals surface area contributed by atoms with Gasteiger partial charge in [0.05, 0.1) is 19.2 Å². The first-order valence-corrected chi connectivity index (χ1v) is 6.16. The fraction of sp³-hybridized carbons (Fsp3) is 0.545. The molecule has 15 heavy (non-hydrogen) atoms. The Morgan fingerprint density at radius 1 is 1.60 bits per heavy atom. The first-order valence-electron chi connectivity index (χ1n) is 5.28. The van der Waals surface area contributed by atoms with Gasteiger partial charge in [0.2, 0.25) is 5.91 Å². The Bertz CT molecular complexity index is 359. The zero-order valence-corrected chi connectivity index (χ0v) is 9.20. The number of amides is 1. The van der Waals surface area contributed by atoms with Crippen molar-refractivity contribution < 1.29 is 9.53 Å². The summed E-state index contributed by atoms with van der Waals surface area (Å²) in [4.78, 5) is 15.0. The van der Waals surface area contributed by atoms with Crippen LogP contribution in [0.25, 0.3) is 0 Å². The lowest BCUT2D eigenvalue weighted by Crippen LogP contribution is -2.35. The van der Waals surface area contributed by atoms with E-state index >= 15 is 0 Å². The van der Waals surface area contributed by atoms with Crippen molar-refractivity contribution in [3.8, 4) is 0 Å². The summed E-state index contributed by atoms with van der Waals surface area (Å²) in [6.07, 6.45) is 1.97. The van der Waals surface area contributed by atoms with E-state index < -0.39 is 0 Å². The molecule has 0 aromatic carbocycles. The van der Waals surface area contributed by atoms with Crippen LogP contribution in [-0.2, 0) is 16.1 Å². The van der Waals surface area contributed by atoms with Crippen LogP contribution in [0.2, 0.25) is 0 Å². The van der Waals surface area contributed by atoms with Crippen LogP contribution >= 0.6 is 11.3 Å². The van der Waals surface area contributed by atoms with Crippen molar-refractivity contribution in [1.82, 2.24) is 4.90 Å². The fourth-order valence-electron chi connectivity index (χ4n) is 2.20. The van der Waals surface area contributed by atoms with Crippen molar-refractivity contribution in [2.45, 2.75) is 31.5 Å². The van der Waals surface area contributed by atoms with Crippen molar-refractivity contribution in [2.75, 3.05) is 6.61 Å². The van der Waals surface area contributed by atoms with E-state index in [0.29, 0.717) is 18.6 Å². The number of thiophene rings is 1. The van der Waals surface area contributed by atoms with Crippen molar-refractivity contribution in [3.05, 3.63) is 22.4 Å². The van der Waals surface area contributed by atoms with Crippen LogP contribution in [0.15, 0.2) is 17.5 Å². The molecule has 0 spiro atoms. The van der Waals surface area contributed by atoms with Crippen LogP contribution in [0, 0.1) is 0 Å². The van der Waals surface area contributed by atoms with E-state index in [4.69, 9.17) is 4.74 Å². The van der Waals surface area contributed by atoms with E-state index in [1.165, 1.54) is 4.88 Å². The molecule has 0 N–H and O–H groups in total. The van der Waals surface area contributed by atoms with Crippen molar-refractivity contribution in [1.29, 1.82) is 0 Å². The van der Waals surface area contributed by atoms with Crippen LogP contribution < -0.4 is 0 Å². The average Bonchev–Trinajstić information content (AvgIpc) is 2.82. The largest absolute Gasteiger partial charge is 0.371 e. The first-order chi connectivity index (χ1) is 7.34. The molecule has 2 unspecified atom stereocenters. The van der Waals surface area contributed by atoms with Crippen molar-refractivity contribution >= 4 is 17.2 Å². The molecule has 3 nitrogen and oxygen atoms in total. The second-order valence-electron chi connectivity index (χ2n) is 4.08. The Kier molecular flexibility index (Phi) is 2.25. The molecule has 0 radical (unpaired) electrons. The summed E-state index contributed by atoms with van der Waals surface area (Å²) in [6.45, 7) is 1.60. The Morgan fingerprint density at radius 2 is 2.47 bits per heavy atom. The lowest BCUT2D eigenvalue weighted by Gasteiger charge is -2.22. The summed E-state index contributed by atoms with van der Waals surface area (Å²) < 4.78 is 5.30. The van der Waals surface area contributed by atoms with Gasteiger partial charge in [0.25, 0.3) is 0 Å². The molecule has 2 saturated heterocycles. The molecule has 80 valence electrons. The molecule has 2 atom stereocenters. The van der Waals surface area contributed by atoms with E-state index in [0.717, 1.165) is 19.6 Å². The van der Waals surface area contributed by atoms with E-state index in [2.05, 4.69) is 11.4 Å². The first kappa shape index (κ1) is 9.36. The SMILES string of the molecule is O=C1CCC(C2CO2)N1Cc1cccs1. The molecule has 3 rings (SSSR count). The Labute approximate surface area is 92.6 Å². The number of likely N-dealkylation sites (tertiary alicyclic amines) is 1. The minimum absolute atomic E-state index is 0.281. The van der Waals surface area contributed by atoms with Gasteiger partial charge < -0.3 is 9.64 Å². The standard InChI is InChI=1S/C11H13NO2S/c13-11-4-3-9(10-7-14-10)12(11)6-8-2-1-5-15-8/h1-2,5,9-10H,3-4,6-7H2. The zero-order valence-electron chi connectivity index (χ0n) is 8.39. The average molecular weight is 223 g/mol. The van der Waals surface area contributed by atoms with Crippen molar-refractivity contribution in [3.63, 3.8) is 0 Å². The topological polar surface area (TPSA) is 32.8 Å². The smallest absolute Gasteiger partial charge is 0.223 e. The third kappa shape index (κ3) is 1.79. The summed E-state index contributed by atoms with van der Waals surface area (Å²) in [5.41, 5.74) is 0. The van der Waals surface area contributed by atoms with Crippen LogP contribution in [0.4, 0.5) is 0 Å². The van der Waals surface area contributed by atoms with Gasteiger partial charge in [-0.15, -0.1) is 11.3 Å². The fourth-order valence-corrected chi connectivity index (χ4v) is 2.90. The predicted octanol–water partition coefficient (Wildman–Crippen LogP) is 1.64.